The number of hydrogen-bond acceptors (Lipinski definition) is 7. The van der Waals surface area contributed by atoms with E-state index in [-0.39, 0.29) is 12.4 Å². The van der Waals surface area contributed by atoms with Crippen molar-refractivity contribution in [2.45, 2.75) is 18.4 Å². The maximum absolute atomic E-state index is 12.3. The van der Waals surface area contributed by atoms with Crippen molar-refractivity contribution in [3.63, 3.8) is 0 Å². The SMILES string of the molecule is CC(=O)CSc1ccccc1C(=O)OCc1coc(-c2cccs2)n1. The van der Waals surface area contributed by atoms with Gasteiger partial charge < -0.3 is 9.15 Å². The fourth-order valence-corrected chi connectivity index (χ4v) is 3.54. The first kappa shape index (κ1) is 17.4. The number of hydrogen-bond donors (Lipinski definition) is 0. The van der Waals surface area contributed by atoms with Crippen molar-refractivity contribution >= 4 is 34.9 Å². The summed E-state index contributed by atoms with van der Waals surface area (Å²) in [6, 6.07) is 10.9. The molecule has 0 aliphatic rings. The van der Waals surface area contributed by atoms with Gasteiger partial charge in [-0.2, -0.15) is 0 Å². The Labute approximate surface area is 153 Å². The quantitative estimate of drug-likeness (QED) is 0.450. The number of thiophene rings is 1. The van der Waals surface area contributed by atoms with Crippen LogP contribution in [0.15, 0.2) is 57.4 Å². The van der Waals surface area contributed by atoms with Gasteiger partial charge in [-0.1, -0.05) is 18.2 Å². The molecular weight excluding hydrogens is 358 g/mol. The van der Waals surface area contributed by atoms with E-state index in [0.717, 1.165) is 9.77 Å². The molecule has 7 heteroatoms. The van der Waals surface area contributed by atoms with E-state index in [0.29, 0.717) is 22.9 Å². The highest BCUT2D eigenvalue weighted by Crippen LogP contribution is 2.25. The summed E-state index contributed by atoms with van der Waals surface area (Å²) in [5.41, 5.74) is 0.987. The molecule has 0 fully saturated rings. The summed E-state index contributed by atoms with van der Waals surface area (Å²) in [5, 5.41) is 1.94. The third-order valence-electron chi connectivity index (χ3n) is 3.17. The molecule has 0 saturated heterocycles. The van der Waals surface area contributed by atoms with Gasteiger partial charge in [0, 0.05) is 4.90 Å². The number of oxazole rings is 1. The molecule has 2 heterocycles. The van der Waals surface area contributed by atoms with E-state index in [2.05, 4.69) is 4.98 Å². The molecule has 0 amide bonds. The minimum atomic E-state index is -0.452. The van der Waals surface area contributed by atoms with E-state index < -0.39 is 5.97 Å². The van der Waals surface area contributed by atoms with Crippen LogP contribution in [0.2, 0.25) is 0 Å². The smallest absolute Gasteiger partial charge is 0.339 e. The lowest BCUT2D eigenvalue weighted by Gasteiger charge is -2.07. The van der Waals surface area contributed by atoms with Crippen LogP contribution in [0.1, 0.15) is 23.0 Å². The molecule has 0 unspecified atom stereocenters. The van der Waals surface area contributed by atoms with Gasteiger partial charge in [0.15, 0.2) is 0 Å². The number of thioether (sulfide) groups is 1. The summed E-state index contributed by atoms with van der Waals surface area (Å²) in [4.78, 5) is 29.5. The van der Waals surface area contributed by atoms with Gasteiger partial charge in [0.05, 0.1) is 16.2 Å². The van der Waals surface area contributed by atoms with Gasteiger partial charge in [-0.25, -0.2) is 9.78 Å². The first-order valence-corrected chi connectivity index (χ1v) is 9.36. The Balaban J connectivity index is 1.64. The molecule has 0 atom stereocenters. The number of rotatable bonds is 7. The third kappa shape index (κ3) is 4.58. The average molecular weight is 373 g/mol. The van der Waals surface area contributed by atoms with Crippen molar-refractivity contribution in [2.75, 3.05) is 5.75 Å². The monoisotopic (exact) mass is 373 g/mol. The van der Waals surface area contributed by atoms with E-state index >= 15 is 0 Å². The summed E-state index contributed by atoms with van der Waals surface area (Å²) >= 11 is 2.85. The number of esters is 1. The van der Waals surface area contributed by atoms with Gasteiger partial charge in [-0.05, 0) is 30.5 Å². The van der Waals surface area contributed by atoms with Gasteiger partial charge in [-0.15, -0.1) is 23.1 Å². The Hall–Kier alpha value is -2.38. The predicted octanol–water partition coefficient (Wildman–Crippen LogP) is 4.44. The molecule has 0 saturated carbocycles. The summed E-state index contributed by atoms with van der Waals surface area (Å²) < 4.78 is 10.7. The van der Waals surface area contributed by atoms with Crippen LogP contribution in [0, 0.1) is 0 Å². The topological polar surface area (TPSA) is 69.4 Å². The molecule has 1 aromatic carbocycles. The van der Waals surface area contributed by atoms with Crippen molar-refractivity contribution in [1.29, 1.82) is 0 Å². The standard InChI is InChI=1S/C18H15NO4S2/c1-12(20)11-25-15-6-3-2-5-14(15)18(21)23-10-13-9-22-17(19-13)16-7-4-8-24-16/h2-9H,10-11H2,1H3. The van der Waals surface area contributed by atoms with Crippen LogP contribution in [-0.2, 0) is 16.1 Å². The van der Waals surface area contributed by atoms with Crippen molar-refractivity contribution < 1.29 is 18.7 Å². The number of ketones is 1. The second kappa shape index (κ2) is 8.13. The number of aromatic nitrogens is 1. The number of ether oxygens (including phenoxy) is 1. The van der Waals surface area contributed by atoms with Crippen molar-refractivity contribution in [2.24, 2.45) is 0 Å². The molecule has 0 radical (unpaired) electrons. The molecule has 0 N–H and O–H groups in total. The summed E-state index contributed by atoms with van der Waals surface area (Å²) in [5.74, 6) is 0.431. The van der Waals surface area contributed by atoms with Crippen LogP contribution in [-0.4, -0.2) is 22.5 Å². The lowest BCUT2D eigenvalue weighted by atomic mass is 10.2. The highest BCUT2D eigenvalue weighted by Gasteiger charge is 2.15. The fraction of sp³-hybridized carbons (Fsp3) is 0.167. The second-order valence-corrected chi connectivity index (χ2v) is 7.15. The fourth-order valence-electron chi connectivity index (χ4n) is 2.04. The van der Waals surface area contributed by atoms with Crippen LogP contribution in [0.4, 0.5) is 0 Å². The largest absolute Gasteiger partial charge is 0.455 e. The predicted molar refractivity (Wildman–Crippen MR) is 96.8 cm³/mol. The van der Waals surface area contributed by atoms with Crippen LogP contribution in [0.5, 0.6) is 0 Å². The Kier molecular flexibility index (Phi) is 5.67. The number of carbonyl (C=O) groups is 2. The van der Waals surface area contributed by atoms with Gasteiger partial charge in [0.25, 0.3) is 0 Å². The zero-order chi connectivity index (χ0) is 17.6. The molecule has 5 nitrogen and oxygen atoms in total. The van der Waals surface area contributed by atoms with E-state index in [1.807, 2.05) is 23.6 Å². The lowest BCUT2D eigenvalue weighted by molar-refractivity contribution is -0.114. The van der Waals surface area contributed by atoms with E-state index in [1.54, 1.807) is 18.2 Å². The van der Waals surface area contributed by atoms with Crippen LogP contribution >= 0.6 is 23.1 Å². The Morgan fingerprint density at radius 3 is 2.84 bits per heavy atom. The van der Waals surface area contributed by atoms with Crippen LogP contribution in [0.3, 0.4) is 0 Å². The number of carbonyl (C=O) groups excluding carboxylic acids is 2. The number of Topliss-reactive ketones (excluding diaryl/α,β-unsaturated/α-hetero) is 1. The number of benzene rings is 1. The van der Waals surface area contributed by atoms with Crippen molar-refractivity contribution in [3.8, 4) is 10.8 Å². The molecule has 2 aromatic heterocycles. The highest BCUT2D eigenvalue weighted by molar-refractivity contribution is 8.00. The Morgan fingerprint density at radius 1 is 1.24 bits per heavy atom. The van der Waals surface area contributed by atoms with Gasteiger partial charge >= 0.3 is 5.97 Å². The zero-order valence-electron chi connectivity index (χ0n) is 13.4. The molecule has 3 rings (SSSR count). The molecule has 0 spiro atoms. The summed E-state index contributed by atoms with van der Waals surface area (Å²) in [7, 11) is 0. The summed E-state index contributed by atoms with van der Waals surface area (Å²) in [6.45, 7) is 1.54. The Morgan fingerprint density at radius 2 is 2.08 bits per heavy atom. The minimum Gasteiger partial charge on any atom is -0.455 e. The van der Waals surface area contributed by atoms with Gasteiger partial charge in [0.2, 0.25) is 5.89 Å². The maximum atomic E-state index is 12.3. The van der Waals surface area contributed by atoms with E-state index in [9.17, 15) is 9.59 Å². The summed E-state index contributed by atoms with van der Waals surface area (Å²) in [6.07, 6.45) is 1.48. The first-order chi connectivity index (χ1) is 12.1. The second-order valence-electron chi connectivity index (χ2n) is 5.18. The van der Waals surface area contributed by atoms with Crippen LogP contribution in [0.25, 0.3) is 10.8 Å². The average Bonchev–Trinajstić information content (AvgIpc) is 3.29. The Bertz CT molecular complexity index is 871. The lowest BCUT2D eigenvalue weighted by Crippen LogP contribution is -2.07. The van der Waals surface area contributed by atoms with Gasteiger partial charge in [-0.3, -0.25) is 4.79 Å². The maximum Gasteiger partial charge on any atom is 0.339 e. The molecular formula is C18H15NO4S2. The normalized spacial score (nSPS) is 10.6. The molecule has 25 heavy (non-hydrogen) atoms. The molecule has 0 bridgehead atoms. The van der Waals surface area contributed by atoms with Crippen LogP contribution < -0.4 is 0 Å². The third-order valence-corrected chi connectivity index (χ3v) is 5.25. The van der Waals surface area contributed by atoms with E-state index in [4.69, 9.17) is 9.15 Å². The van der Waals surface area contributed by atoms with Crippen molar-refractivity contribution in [3.05, 3.63) is 59.3 Å². The molecule has 0 aliphatic heterocycles. The molecule has 0 aliphatic carbocycles. The van der Waals surface area contributed by atoms with E-state index in [1.165, 1.54) is 36.3 Å². The first-order valence-electron chi connectivity index (χ1n) is 7.50. The molecule has 3 aromatic rings. The van der Waals surface area contributed by atoms with Crippen molar-refractivity contribution in [1.82, 2.24) is 4.98 Å². The molecule has 128 valence electrons. The zero-order valence-corrected chi connectivity index (χ0v) is 15.1. The van der Waals surface area contributed by atoms with Gasteiger partial charge in [0.1, 0.15) is 24.3 Å². The highest BCUT2D eigenvalue weighted by atomic mass is 32.2. The minimum absolute atomic E-state index is 0.0272. The number of nitrogens with zero attached hydrogens (tertiary/aromatic N) is 1.